The molecule has 3 heterocycles. The van der Waals surface area contributed by atoms with Gasteiger partial charge < -0.3 is 10.1 Å². The van der Waals surface area contributed by atoms with Crippen molar-refractivity contribution in [1.29, 1.82) is 0 Å². The first-order chi connectivity index (χ1) is 9.74. The number of carbonyl (C=O) groups excluding carboxylic acids is 1. The van der Waals surface area contributed by atoms with Gasteiger partial charge in [-0.05, 0) is 19.8 Å². The maximum atomic E-state index is 12.1. The lowest BCUT2D eigenvalue weighted by Crippen LogP contribution is -2.21. The summed E-state index contributed by atoms with van der Waals surface area (Å²) in [6.45, 7) is 3.18. The van der Waals surface area contributed by atoms with Crippen LogP contribution in [0.5, 0.6) is 0 Å². The van der Waals surface area contributed by atoms with Gasteiger partial charge in [-0.15, -0.1) is 11.3 Å². The second-order valence-electron chi connectivity index (χ2n) is 4.77. The molecule has 0 bridgehead atoms. The van der Waals surface area contributed by atoms with Crippen LogP contribution in [0, 0.1) is 6.92 Å². The van der Waals surface area contributed by atoms with E-state index in [1.807, 2.05) is 6.92 Å². The van der Waals surface area contributed by atoms with Crippen LogP contribution in [0.15, 0.2) is 12.4 Å². The molecule has 1 aliphatic rings. The van der Waals surface area contributed by atoms with Gasteiger partial charge >= 0.3 is 0 Å². The third-order valence-corrected chi connectivity index (χ3v) is 4.41. The van der Waals surface area contributed by atoms with Gasteiger partial charge in [-0.2, -0.15) is 5.10 Å². The number of thiazole rings is 1. The lowest BCUT2D eigenvalue weighted by Gasteiger charge is -2.04. The van der Waals surface area contributed by atoms with Gasteiger partial charge in [0.15, 0.2) is 0 Å². The molecule has 1 atom stereocenters. The zero-order valence-electron chi connectivity index (χ0n) is 11.2. The Kier molecular flexibility index (Phi) is 3.79. The summed E-state index contributed by atoms with van der Waals surface area (Å²) in [4.78, 5) is 17.0. The lowest BCUT2D eigenvalue weighted by molar-refractivity contribution is 0.0954. The molecule has 6 nitrogen and oxygen atoms in total. The number of nitrogens with zero attached hydrogens (tertiary/aromatic N) is 2. The molecule has 2 aromatic heterocycles. The average molecular weight is 292 g/mol. The molecule has 20 heavy (non-hydrogen) atoms. The van der Waals surface area contributed by atoms with Gasteiger partial charge in [0, 0.05) is 24.4 Å². The topological polar surface area (TPSA) is 79.9 Å². The van der Waals surface area contributed by atoms with E-state index in [9.17, 15) is 4.79 Å². The Morgan fingerprint density at radius 1 is 1.60 bits per heavy atom. The maximum absolute atomic E-state index is 12.1. The normalized spacial score (nSPS) is 18.4. The van der Waals surface area contributed by atoms with Crippen LogP contribution in [0.3, 0.4) is 0 Å². The van der Waals surface area contributed by atoms with Gasteiger partial charge in [0.05, 0.1) is 12.4 Å². The second-order valence-corrected chi connectivity index (χ2v) is 5.83. The quantitative estimate of drug-likeness (QED) is 0.902. The number of hydrogen-bond donors (Lipinski definition) is 2. The van der Waals surface area contributed by atoms with Crippen LogP contribution in [0.1, 0.15) is 44.9 Å². The van der Waals surface area contributed by atoms with E-state index in [-0.39, 0.29) is 12.0 Å². The molecule has 1 aliphatic heterocycles. The molecule has 0 aliphatic carbocycles. The van der Waals surface area contributed by atoms with Gasteiger partial charge in [-0.25, -0.2) is 4.98 Å². The van der Waals surface area contributed by atoms with E-state index in [0.29, 0.717) is 11.4 Å². The maximum Gasteiger partial charge on any atom is 0.263 e. The Morgan fingerprint density at radius 3 is 3.20 bits per heavy atom. The summed E-state index contributed by atoms with van der Waals surface area (Å²) in [5.74, 6) is -0.104. The molecule has 106 valence electrons. The fourth-order valence-corrected chi connectivity index (χ4v) is 3.05. The summed E-state index contributed by atoms with van der Waals surface area (Å²) in [6.07, 6.45) is 5.46. The number of rotatable bonds is 4. The molecule has 1 unspecified atom stereocenters. The standard InChI is InChI=1S/C13H16N4O2S/c1-8-9(6-16-17-8)5-14-12(18)11-7-15-13(20-11)10-3-2-4-19-10/h6-7,10H,2-5H2,1H3,(H,14,18)(H,16,17). The van der Waals surface area contributed by atoms with Crippen LogP contribution in [-0.4, -0.2) is 27.7 Å². The van der Waals surface area contributed by atoms with Crippen LogP contribution in [0.25, 0.3) is 0 Å². The number of nitrogens with one attached hydrogen (secondary N) is 2. The van der Waals surface area contributed by atoms with Crippen molar-refractivity contribution in [3.8, 4) is 0 Å². The van der Waals surface area contributed by atoms with Crippen LogP contribution in [-0.2, 0) is 11.3 Å². The summed E-state index contributed by atoms with van der Waals surface area (Å²) >= 11 is 1.41. The Bertz CT molecular complexity index is 601. The first-order valence-corrected chi connectivity index (χ1v) is 7.40. The van der Waals surface area contributed by atoms with Crippen molar-refractivity contribution < 1.29 is 9.53 Å². The largest absolute Gasteiger partial charge is 0.371 e. The van der Waals surface area contributed by atoms with E-state index < -0.39 is 0 Å². The van der Waals surface area contributed by atoms with Gasteiger partial charge in [-0.1, -0.05) is 0 Å². The first kappa shape index (κ1) is 13.3. The van der Waals surface area contributed by atoms with Crippen molar-refractivity contribution in [2.75, 3.05) is 6.61 Å². The summed E-state index contributed by atoms with van der Waals surface area (Å²) in [5, 5.41) is 10.5. The fourth-order valence-electron chi connectivity index (χ4n) is 2.13. The summed E-state index contributed by atoms with van der Waals surface area (Å²) in [6, 6.07) is 0. The van der Waals surface area contributed by atoms with Crippen LogP contribution < -0.4 is 5.32 Å². The number of carbonyl (C=O) groups is 1. The van der Waals surface area contributed by atoms with Crippen LogP contribution in [0.2, 0.25) is 0 Å². The first-order valence-electron chi connectivity index (χ1n) is 6.58. The predicted molar refractivity (Wildman–Crippen MR) is 74.5 cm³/mol. The Morgan fingerprint density at radius 2 is 2.50 bits per heavy atom. The van der Waals surface area contributed by atoms with E-state index >= 15 is 0 Å². The number of H-pyrrole nitrogens is 1. The predicted octanol–water partition coefficient (Wildman–Crippen LogP) is 1.96. The fraction of sp³-hybridized carbons (Fsp3) is 0.462. The van der Waals surface area contributed by atoms with Crippen molar-refractivity contribution in [3.63, 3.8) is 0 Å². The minimum atomic E-state index is -0.104. The van der Waals surface area contributed by atoms with Gasteiger partial charge in [0.2, 0.25) is 0 Å². The van der Waals surface area contributed by atoms with Gasteiger partial charge in [0.25, 0.3) is 5.91 Å². The Labute approximate surface area is 120 Å². The van der Waals surface area contributed by atoms with E-state index in [1.54, 1.807) is 12.4 Å². The smallest absolute Gasteiger partial charge is 0.263 e. The number of aromatic nitrogens is 3. The molecule has 3 rings (SSSR count). The van der Waals surface area contributed by atoms with Crippen molar-refractivity contribution in [3.05, 3.63) is 33.5 Å². The number of aryl methyl sites for hydroxylation is 1. The van der Waals surface area contributed by atoms with Gasteiger partial charge in [-0.3, -0.25) is 9.89 Å². The minimum absolute atomic E-state index is 0.0673. The molecule has 0 saturated carbocycles. The number of ether oxygens (including phenoxy) is 1. The van der Waals surface area contributed by atoms with Crippen molar-refractivity contribution >= 4 is 17.2 Å². The van der Waals surface area contributed by atoms with E-state index in [1.165, 1.54) is 11.3 Å². The minimum Gasteiger partial charge on any atom is -0.371 e. The third kappa shape index (κ3) is 2.73. The zero-order valence-corrected chi connectivity index (χ0v) is 12.0. The number of hydrogen-bond acceptors (Lipinski definition) is 5. The highest BCUT2D eigenvalue weighted by atomic mass is 32.1. The van der Waals surface area contributed by atoms with Crippen molar-refractivity contribution in [2.24, 2.45) is 0 Å². The average Bonchev–Trinajstić information content (AvgIpc) is 3.17. The number of aromatic amines is 1. The summed E-state index contributed by atoms with van der Waals surface area (Å²) in [5.41, 5.74) is 1.96. The monoisotopic (exact) mass is 292 g/mol. The molecular weight excluding hydrogens is 276 g/mol. The molecule has 7 heteroatoms. The highest BCUT2D eigenvalue weighted by Gasteiger charge is 2.22. The van der Waals surface area contributed by atoms with Crippen molar-refractivity contribution in [2.45, 2.75) is 32.4 Å². The molecule has 1 saturated heterocycles. The molecule has 1 fully saturated rings. The zero-order chi connectivity index (χ0) is 13.9. The SMILES string of the molecule is Cc1[nH]ncc1CNC(=O)c1cnc(C2CCCO2)s1. The second kappa shape index (κ2) is 5.72. The summed E-state index contributed by atoms with van der Waals surface area (Å²) in [7, 11) is 0. The molecule has 0 spiro atoms. The Balaban J connectivity index is 1.61. The molecular formula is C13H16N4O2S. The molecule has 2 N–H and O–H groups in total. The summed E-state index contributed by atoms with van der Waals surface area (Å²) < 4.78 is 5.57. The molecule has 1 amide bonds. The third-order valence-electron chi connectivity index (χ3n) is 3.33. The van der Waals surface area contributed by atoms with Crippen molar-refractivity contribution in [1.82, 2.24) is 20.5 Å². The number of amides is 1. The molecule has 0 aromatic carbocycles. The van der Waals surface area contributed by atoms with Gasteiger partial charge in [0.1, 0.15) is 16.0 Å². The molecule has 2 aromatic rings. The Hall–Kier alpha value is -1.73. The highest BCUT2D eigenvalue weighted by Crippen LogP contribution is 2.31. The van der Waals surface area contributed by atoms with Crippen LogP contribution >= 0.6 is 11.3 Å². The highest BCUT2D eigenvalue weighted by molar-refractivity contribution is 7.13. The van der Waals surface area contributed by atoms with E-state index in [0.717, 1.165) is 35.7 Å². The van der Waals surface area contributed by atoms with E-state index in [4.69, 9.17) is 4.74 Å². The van der Waals surface area contributed by atoms with E-state index in [2.05, 4.69) is 20.5 Å². The van der Waals surface area contributed by atoms with Crippen LogP contribution in [0.4, 0.5) is 0 Å². The molecule has 0 radical (unpaired) electrons. The lowest BCUT2D eigenvalue weighted by atomic mass is 10.2.